The van der Waals surface area contributed by atoms with Crippen LogP contribution in [0.2, 0.25) is 0 Å². The first-order valence-electron chi connectivity index (χ1n) is 9.96. The molecule has 6 nitrogen and oxygen atoms in total. The van der Waals surface area contributed by atoms with Crippen molar-refractivity contribution in [2.45, 2.75) is 32.7 Å². The summed E-state index contributed by atoms with van der Waals surface area (Å²) in [5, 5.41) is 0. The summed E-state index contributed by atoms with van der Waals surface area (Å²) < 4.78 is 5.22. The molecule has 0 aliphatic carbocycles. The molecule has 2 fully saturated rings. The molecule has 2 aliphatic rings. The summed E-state index contributed by atoms with van der Waals surface area (Å²) in [5.41, 5.74) is 1.27. The fourth-order valence-electron chi connectivity index (χ4n) is 4.04. The SMILES string of the molecule is COc1ccc(CN2CCCN(C(=O)C3CCN(C(C)=O)CC3)CC2)cc1. The lowest BCUT2D eigenvalue weighted by Crippen LogP contribution is -2.44. The maximum atomic E-state index is 12.9. The van der Waals surface area contributed by atoms with Gasteiger partial charge in [0.1, 0.15) is 5.75 Å². The van der Waals surface area contributed by atoms with Crippen molar-refractivity contribution in [1.29, 1.82) is 0 Å². The average Bonchev–Trinajstić information content (AvgIpc) is 2.93. The lowest BCUT2D eigenvalue weighted by Gasteiger charge is -2.33. The fraction of sp³-hybridized carbons (Fsp3) is 0.619. The summed E-state index contributed by atoms with van der Waals surface area (Å²) >= 11 is 0. The highest BCUT2D eigenvalue weighted by atomic mass is 16.5. The molecule has 0 aromatic heterocycles. The van der Waals surface area contributed by atoms with Crippen LogP contribution < -0.4 is 4.74 Å². The Labute approximate surface area is 162 Å². The van der Waals surface area contributed by atoms with Gasteiger partial charge in [-0.3, -0.25) is 14.5 Å². The lowest BCUT2D eigenvalue weighted by atomic mass is 9.95. The van der Waals surface area contributed by atoms with E-state index >= 15 is 0 Å². The van der Waals surface area contributed by atoms with Crippen LogP contribution >= 0.6 is 0 Å². The van der Waals surface area contributed by atoms with E-state index in [0.717, 1.165) is 57.7 Å². The number of carbonyl (C=O) groups is 2. The van der Waals surface area contributed by atoms with Gasteiger partial charge >= 0.3 is 0 Å². The van der Waals surface area contributed by atoms with E-state index in [1.165, 1.54) is 5.56 Å². The highest BCUT2D eigenvalue weighted by molar-refractivity contribution is 5.79. The second-order valence-electron chi connectivity index (χ2n) is 7.58. The zero-order valence-electron chi connectivity index (χ0n) is 16.5. The number of hydrogen-bond acceptors (Lipinski definition) is 4. The van der Waals surface area contributed by atoms with Crippen molar-refractivity contribution in [3.05, 3.63) is 29.8 Å². The molecule has 148 valence electrons. The van der Waals surface area contributed by atoms with Crippen LogP contribution in [-0.2, 0) is 16.1 Å². The van der Waals surface area contributed by atoms with Crippen molar-refractivity contribution in [3.63, 3.8) is 0 Å². The van der Waals surface area contributed by atoms with E-state index in [1.54, 1.807) is 14.0 Å². The molecule has 1 aromatic carbocycles. The number of benzene rings is 1. The smallest absolute Gasteiger partial charge is 0.225 e. The molecule has 0 N–H and O–H groups in total. The number of rotatable bonds is 4. The molecule has 0 atom stereocenters. The van der Waals surface area contributed by atoms with Gasteiger partial charge in [0.25, 0.3) is 0 Å². The van der Waals surface area contributed by atoms with Gasteiger partial charge in [0.15, 0.2) is 0 Å². The second-order valence-corrected chi connectivity index (χ2v) is 7.58. The Morgan fingerprint density at radius 3 is 2.30 bits per heavy atom. The molecule has 2 saturated heterocycles. The molecule has 0 bridgehead atoms. The maximum Gasteiger partial charge on any atom is 0.225 e. The summed E-state index contributed by atoms with van der Waals surface area (Å²) in [6.45, 7) is 7.49. The highest BCUT2D eigenvalue weighted by Crippen LogP contribution is 2.21. The van der Waals surface area contributed by atoms with Crippen molar-refractivity contribution < 1.29 is 14.3 Å². The van der Waals surface area contributed by atoms with Crippen LogP contribution in [0, 0.1) is 5.92 Å². The van der Waals surface area contributed by atoms with Crippen LogP contribution in [0.5, 0.6) is 5.75 Å². The third-order valence-corrected chi connectivity index (χ3v) is 5.75. The molecule has 3 rings (SSSR count). The van der Waals surface area contributed by atoms with Gasteiger partial charge in [-0.15, -0.1) is 0 Å². The Morgan fingerprint density at radius 2 is 1.67 bits per heavy atom. The van der Waals surface area contributed by atoms with Gasteiger partial charge in [0.2, 0.25) is 11.8 Å². The molecule has 2 amide bonds. The Balaban J connectivity index is 1.49. The van der Waals surface area contributed by atoms with Crippen molar-refractivity contribution in [3.8, 4) is 5.75 Å². The van der Waals surface area contributed by atoms with Crippen LogP contribution in [0.15, 0.2) is 24.3 Å². The number of ether oxygens (including phenoxy) is 1. The number of likely N-dealkylation sites (tertiary alicyclic amines) is 1. The first-order valence-corrected chi connectivity index (χ1v) is 9.96. The topological polar surface area (TPSA) is 53.1 Å². The van der Waals surface area contributed by atoms with Gasteiger partial charge in [-0.25, -0.2) is 0 Å². The van der Waals surface area contributed by atoms with E-state index in [2.05, 4.69) is 17.0 Å². The average molecular weight is 373 g/mol. The van der Waals surface area contributed by atoms with Crippen molar-refractivity contribution in [2.75, 3.05) is 46.4 Å². The summed E-state index contributed by atoms with van der Waals surface area (Å²) in [7, 11) is 1.68. The first kappa shape index (κ1) is 19.7. The zero-order chi connectivity index (χ0) is 19.2. The number of carbonyl (C=O) groups excluding carboxylic acids is 2. The summed E-state index contributed by atoms with van der Waals surface area (Å²) in [5.74, 6) is 1.35. The van der Waals surface area contributed by atoms with Crippen LogP contribution in [0.25, 0.3) is 0 Å². The standard InChI is InChI=1S/C21H31N3O3/c1-17(25)23-12-8-19(9-13-23)21(26)24-11-3-10-22(14-15-24)16-18-4-6-20(27-2)7-5-18/h4-7,19H,3,8-16H2,1-2H3. The normalized spacial score (nSPS) is 19.6. The van der Waals surface area contributed by atoms with E-state index in [-0.39, 0.29) is 17.7 Å². The largest absolute Gasteiger partial charge is 0.497 e. The molecule has 0 saturated carbocycles. The second kappa shape index (κ2) is 9.22. The molecule has 0 radical (unpaired) electrons. The number of amides is 2. The minimum atomic E-state index is 0.0775. The van der Waals surface area contributed by atoms with E-state index in [1.807, 2.05) is 21.9 Å². The summed E-state index contributed by atoms with van der Waals surface area (Å²) in [6, 6.07) is 8.21. The molecule has 0 unspecified atom stereocenters. The predicted octanol–water partition coefficient (Wildman–Crippen LogP) is 1.99. The first-order chi connectivity index (χ1) is 13.1. The minimum absolute atomic E-state index is 0.0775. The van der Waals surface area contributed by atoms with Gasteiger partial charge in [-0.2, -0.15) is 0 Å². The number of piperidine rings is 1. The third kappa shape index (κ3) is 5.22. The van der Waals surface area contributed by atoms with Crippen LogP contribution in [-0.4, -0.2) is 72.9 Å². The van der Waals surface area contributed by atoms with E-state index < -0.39 is 0 Å². The molecule has 1 aromatic rings. The lowest BCUT2D eigenvalue weighted by molar-refractivity contribution is -0.140. The van der Waals surface area contributed by atoms with Crippen molar-refractivity contribution >= 4 is 11.8 Å². The van der Waals surface area contributed by atoms with Crippen LogP contribution in [0.1, 0.15) is 31.7 Å². The molecule has 6 heteroatoms. The monoisotopic (exact) mass is 373 g/mol. The van der Waals surface area contributed by atoms with Crippen LogP contribution in [0.3, 0.4) is 0 Å². The molecular weight excluding hydrogens is 342 g/mol. The quantitative estimate of drug-likeness (QED) is 0.810. The Bertz CT molecular complexity index is 639. The van der Waals surface area contributed by atoms with Crippen molar-refractivity contribution in [2.24, 2.45) is 5.92 Å². The highest BCUT2D eigenvalue weighted by Gasteiger charge is 2.30. The van der Waals surface area contributed by atoms with Gasteiger partial charge in [-0.1, -0.05) is 12.1 Å². The van der Waals surface area contributed by atoms with Gasteiger partial charge in [0, 0.05) is 58.7 Å². The van der Waals surface area contributed by atoms with Gasteiger partial charge in [0.05, 0.1) is 7.11 Å². The molecule has 2 aliphatic heterocycles. The maximum absolute atomic E-state index is 12.9. The number of hydrogen-bond donors (Lipinski definition) is 0. The Kier molecular flexibility index (Phi) is 6.72. The molecule has 2 heterocycles. The van der Waals surface area contributed by atoms with Crippen LogP contribution in [0.4, 0.5) is 0 Å². The van der Waals surface area contributed by atoms with E-state index in [4.69, 9.17) is 4.74 Å². The fourth-order valence-corrected chi connectivity index (χ4v) is 4.04. The molecule has 27 heavy (non-hydrogen) atoms. The number of nitrogens with zero attached hydrogens (tertiary/aromatic N) is 3. The summed E-state index contributed by atoms with van der Waals surface area (Å²) in [4.78, 5) is 30.7. The predicted molar refractivity (Wildman–Crippen MR) is 104 cm³/mol. The van der Waals surface area contributed by atoms with E-state index in [0.29, 0.717) is 13.1 Å². The summed E-state index contributed by atoms with van der Waals surface area (Å²) in [6.07, 6.45) is 2.60. The van der Waals surface area contributed by atoms with Gasteiger partial charge in [-0.05, 0) is 37.0 Å². The Hall–Kier alpha value is -2.08. The molecular formula is C21H31N3O3. The van der Waals surface area contributed by atoms with Crippen molar-refractivity contribution in [1.82, 2.24) is 14.7 Å². The molecule has 0 spiro atoms. The minimum Gasteiger partial charge on any atom is -0.497 e. The van der Waals surface area contributed by atoms with E-state index in [9.17, 15) is 9.59 Å². The van der Waals surface area contributed by atoms with Gasteiger partial charge < -0.3 is 14.5 Å². The Morgan fingerprint density at radius 1 is 0.963 bits per heavy atom. The third-order valence-electron chi connectivity index (χ3n) is 5.75. The zero-order valence-corrected chi connectivity index (χ0v) is 16.5. The number of methoxy groups -OCH3 is 1.